The van der Waals surface area contributed by atoms with E-state index in [0.29, 0.717) is 30.8 Å². The number of benzene rings is 1. The summed E-state index contributed by atoms with van der Waals surface area (Å²) in [5.41, 5.74) is 8.53. The van der Waals surface area contributed by atoms with E-state index in [1.807, 2.05) is 12.1 Å². The van der Waals surface area contributed by atoms with E-state index in [0.717, 1.165) is 68.1 Å². The molecule has 1 saturated carbocycles. The quantitative estimate of drug-likeness (QED) is 0.223. The Kier molecular flexibility index (Phi) is 11.2. The first-order valence-electron chi connectivity index (χ1n) is 13.8. The smallest absolute Gasteiger partial charge is 0.302 e. The third-order valence-corrected chi connectivity index (χ3v) is 6.93. The van der Waals surface area contributed by atoms with Gasteiger partial charge in [0.05, 0.1) is 6.10 Å². The first-order valence-corrected chi connectivity index (χ1v) is 13.8. The molecule has 1 aromatic carbocycles. The van der Waals surface area contributed by atoms with Crippen LogP contribution in [-0.4, -0.2) is 40.3 Å². The van der Waals surface area contributed by atoms with Crippen molar-refractivity contribution in [1.29, 1.82) is 0 Å². The van der Waals surface area contributed by atoms with E-state index in [1.165, 1.54) is 13.8 Å². The second-order valence-electron chi connectivity index (χ2n) is 10.2. The molecule has 0 bridgehead atoms. The third kappa shape index (κ3) is 9.23. The van der Waals surface area contributed by atoms with Crippen LogP contribution in [0, 0.1) is 0 Å². The van der Waals surface area contributed by atoms with Gasteiger partial charge in [-0.3, -0.25) is 9.59 Å². The molecule has 8 heteroatoms. The molecule has 1 fully saturated rings. The fourth-order valence-electron chi connectivity index (χ4n) is 5.13. The monoisotopic (exact) mass is 526 g/mol. The van der Waals surface area contributed by atoms with Crippen LogP contribution < -0.4 is 10.5 Å². The predicted molar refractivity (Wildman–Crippen MR) is 147 cm³/mol. The molecule has 2 aromatic rings. The lowest BCUT2D eigenvalue weighted by molar-refractivity contribution is -0.153. The molecule has 1 aliphatic carbocycles. The number of nitrogens with zero attached hydrogens (tertiary/aromatic N) is 1. The predicted octanol–water partition coefficient (Wildman–Crippen LogP) is 6.12. The van der Waals surface area contributed by atoms with Crippen LogP contribution in [0.3, 0.4) is 0 Å². The number of carbonyl (C=O) groups excluding carboxylic acids is 2. The molecule has 0 amide bonds. The molecule has 0 aliphatic heterocycles. The number of nitrogen functional groups attached to an aromatic ring is 1. The number of unbranched alkanes of at least 4 members (excludes halogenated alkanes) is 2. The third-order valence-electron chi connectivity index (χ3n) is 6.93. The van der Waals surface area contributed by atoms with Crippen molar-refractivity contribution < 1.29 is 28.9 Å². The molecule has 1 heterocycles. The van der Waals surface area contributed by atoms with Gasteiger partial charge in [-0.05, 0) is 92.3 Å². The number of ether oxygens (including phenoxy) is 3. The van der Waals surface area contributed by atoms with Crippen LogP contribution in [0.4, 0.5) is 5.82 Å². The second-order valence-corrected chi connectivity index (χ2v) is 10.2. The molecule has 0 unspecified atom stereocenters. The number of pyridine rings is 1. The fourth-order valence-corrected chi connectivity index (χ4v) is 5.13. The molecule has 0 spiro atoms. The van der Waals surface area contributed by atoms with E-state index >= 15 is 0 Å². The highest BCUT2D eigenvalue weighted by Crippen LogP contribution is 2.38. The molecule has 3 N–H and O–H groups in total. The Morgan fingerprint density at radius 3 is 2.37 bits per heavy atom. The Hall–Kier alpha value is -3.29. The summed E-state index contributed by atoms with van der Waals surface area (Å²) in [6.45, 7) is 4.92. The zero-order valence-electron chi connectivity index (χ0n) is 22.9. The Bertz CT molecular complexity index is 1070. The number of esters is 2. The average Bonchev–Trinajstić information content (AvgIpc) is 3.36. The molecular weight excluding hydrogens is 484 g/mol. The van der Waals surface area contributed by atoms with Crippen molar-refractivity contribution in [3.63, 3.8) is 0 Å². The van der Waals surface area contributed by atoms with E-state index in [2.05, 4.69) is 11.9 Å². The summed E-state index contributed by atoms with van der Waals surface area (Å²) in [5.74, 6) is 0.210. The fraction of sp³-hybridized carbons (Fsp3) is 0.567. The summed E-state index contributed by atoms with van der Waals surface area (Å²) >= 11 is 0. The molecule has 0 saturated heterocycles. The molecule has 8 nitrogen and oxygen atoms in total. The highest BCUT2D eigenvalue weighted by molar-refractivity contribution is 5.72. The number of phenolic OH excluding ortho intramolecular Hbond substituents is 1. The molecule has 1 aliphatic rings. The molecule has 2 atom stereocenters. The zero-order valence-corrected chi connectivity index (χ0v) is 22.9. The van der Waals surface area contributed by atoms with Gasteiger partial charge in [0, 0.05) is 26.5 Å². The molecule has 38 heavy (non-hydrogen) atoms. The van der Waals surface area contributed by atoms with Crippen LogP contribution in [-0.2, 0) is 25.5 Å². The van der Waals surface area contributed by atoms with Crippen molar-refractivity contribution in [3.8, 4) is 22.6 Å². The number of phenols is 1. The topological polar surface area (TPSA) is 121 Å². The maximum absolute atomic E-state index is 11.9. The normalized spacial score (nSPS) is 15.1. The average molecular weight is 527 g/mol. The number of anilines is 1. The van der Waals surface area contributed by atoms with E-state index in [1.54, 1.807) is 18.3 Å². The van der Waals surface area contributed by atoms with Gasteiger partial charge in [0.2, 0.25) is 0 Å². The minimum absolute atomic E-state index is 0.0772. The van der Waals surface area contributed by atoms with Crippen molar-refractivity contribution in [2.45, 2.75) is 110 Å². The Morgan fingerprint density at radius 2 is 1.74 bits per heavy atom. The zero-order chi connectivity index (χ0) is 27.5. The summed E-state index contributed by atoms with van der Waals surface area (Å²) < 4.78 is 17.4. The first kappa shape index (κ1) is 29.3. The summed E-state index contributed by atoms with van der Waals surface area (Å²) in [6.07, 6.45) is 10.5. The minimum Gasteiger partial charge on any atom is -0.504 e. The van der Waals surface area contributed by atoms with Gasteiger partial charge in [0.1, 0.15) is 18.0 Å². The number of carbonyl (C=O) groups is 2. The van der Waals surface area contributed by atoms with Gasteiger partial charge >= 0.3 is 11.9 Å². The molecule has 3 rings (SSSR count). The SMILES string of the molecule is CCCCC[C@@H](C[C@@H](CCc1cc(OC2CCCC2)c(O)cc1-c1ccnc(N)c1)OC(C)=O)OC(C)=O. The Balaban J connectivity index is 1.85. The number of aromatic hydroxyl groups is 1. The van der Waals surface area contributed by atoms with Gasteiger partial charge in [-0.15, -0.1) is 0 Å². The summed E-state index contributed by atoms with van der Waals surface area (Å²) in [4.78, 5) is 27.8. The number of rotatable bonds is 14. The van der Waals surface area contributed by atoms with Crippen LogP contribution in [0.15, 0.2) is 30.5 Å². The number of nitrogens with two attached hydrogens (primary N) is 1. The Morgan fingerprint density at radius 1 is 1.05 bits per heavy atom. The molecule has 0 radical (unpaired) electrons. The molecule has 208 valence electrons. The lowest BCUT2D eigenvalue weighted by atomic mass is 9.93. The van der Waals surface area contributed by atoms with E-state index in [-0.39, 0.29) is 29.9 Å². The number of aromatic nitrogens is 1. The summed E-state index contributed by atoms with van der Waals surface area (Å²) in [6, 6.07) is 7.21. The van der Waals surface area contributed by atoms with Gasteiger partial charge in [0.15, 0.2) is 11.5 Å². The van der Waals surface area contributed by atoms with Crippen molar-refractivity contribution in [2.24, 2.45) is 0 Å². The lowest BCUT2D eigenvalue weighted by Crippen LogP contribution is -2.27. The number of hydrogen-bond donors (Lipinski definition) is 2. The largest absolute Gasteiger partial charge is 0.504 e. The first-order chi connectivity index (χ1) is 18.2. The van der Waals surface area contributed by atoms with E-state index in [4.69, 9.17) is 19.9 Å². The summed E-state index contributed by atoms with van der Waals surface area (Å²) in [5, 5.41) is 10.8. The van der Waals surface area contributed by atoms with Crippen molar-refractivity contribution in [1.82, 2.24) is 4.98 Å². The van der Waals surface area contributed by atoms with Crippen molar-refractivity contribution in [3.05, 3.63) is 36.0 Å². The van der Waals surface area contributed by atoms with Gasteiger partial charge in [-0.1, -0.05) is 19.8 Å². The van der Waals surface area contributed by atoms with Crippen LogP contribution in [0.25, 0.3) is 11.1 Å². The molecule has 1 aromatic heterocycles. The molecular formula is C30H42N2O6. The summed E-state index contributed by atoms with van der Waals surface area (Å²) in [7, 11) is 0. The maximum atomic E-state index is 11.9. The van der Waals surface area contributed by atoms with Crippen LogP contribution in [0.1, 0.15) is 90.5 Å². The standard InChI is InChI=1S/C30H42N2O6/c1-4-5-6-11-25(36-20(2)33)18-26(37-21(3)34)13-12-22-16-29(38-24-9-7-8-10-24)28(35)19-27(22)23-14-15-32-30(31)17-23/h14-17,19,24-26,35H,4-13,18H2,1-3H3,(H2,31,32)/t25-,26+/m0/s1. The van der Waals surface area contributed by atoms with Gasteiger partial charge < -0.3 is 25.1 Å². The minimum atomic E-state index is -0.429. The highest BCUT2D eigenvalue weighted by Gasteiger charge is 2.24. The highest BCUT2D eigenvalue weighted by atomic mass is 16.6. The van der Waals surface area contributed by atoms with Crippen LogP contribution in [0.2, 0.25) is 0 Å². The lowest BCUT2D eigenvalue weighted by Gasteiger charge is -2.24. The maximum Gasteiger partial charge on any atom is 0.302 e. The number of aryl methyl sites for hydroxylation is 1. The van der Waals surface area contributed by atoms with Crippen LogP contribution in [0.5, 0.6) is 11.5 Å². The van der Waals surface area contributed by atoms with E-state index < -0.39 is 6.10 Å². The second kappa shape index (κ2) is 14.6. The van der Waals surface area contributed by atoms with Crippen molar-refractivity contribution >= 4 is 17.8 Å². The van der Waals surface area contributed by atoms with E-state index in [9.17, 15) is 14.7 Å². The number of hydrogen-bond acceptors (Lipinski definition) is 8. The van der Waals surface area contributed by atoms with Gasteiger partial charge in [-0.25, -0.2) is 4.98 Å². The Labute approximate surface area is 225 Å². The van der Waals surface area contributed by atoms with Gasteiger partial charge in [-0.2, -0.15) is 0 Å². The van der Waals surface area contributed by atoms with Gasteiger partial charge in [0.25, 0.3) is 0 Å². The van der Waals surface area contributed by atoms with Crippen molar-refractivity contribution in [2.75, 3.05) is 5.73 Å². The van der Waals surface area contributed by atoms with Crippen LogP contribution >= 0.6 is 0 Å².